The number of hydrogen-bond donors (Lipinski definition) is 3. The number of nitrogens with one attached hydrogen (secondary N) is 1. The van der Waals surface area contributed by atoms with E-state index in [2.05, 4.69) is 15.3 Å². The van der Waals surface area contributed by atoms with Crippen LogP contribution < -0.4 is 5.32 Å². The molecule has 0 aliphatic heterocycles. The van der Waals surface area contributed by atoms with Crippen LogP contribution in [0.3, 0.4) is 0 Å². The van der Waals surface area contributed by atoms with Gasteiger partial charge in [-0.2, -0.15) is 0 Å². The van der Waals surface area contributed by atoms with Crippen molar-refractivity contribution in [3.05, 3.63) is 18.1 Å². The van der Waals surface area contributed by atoms with E-state index in [1.165, 1.54) is 6.33 Å². The van der Waals surface area contributed by atoms with Crippen LogP contribution in [-0.4, -0.2) is 38.9 Å². The van der Waals surface area contributed by atoms with E-state index < -0.39 is 5.54 Å². The predicted molar refractivity (Wildman–Crippen MR) is 53.0 cm³/mol. The normalized spacial score (nSPS) is 11.4. The van der Waals surface area contributed by atoms with Crippen LogP contribution >= 0.6 is 0 Å². The van der Waals surface area contributed by atoms with Crippen LogP contribution in [0.5, 0.6) is 0 Å². The van der Waals surface area contributed by atoms with Crippen molar-refractivity contribution in [2.45, 2.75) is 19.4 Å². The van der Waals surface area contributed by atoms with Crippen LogP contribution in [0, 0.1) is 6.92 Å². The first-order valence-corrected chi connectivity index (χ1v) is 4.38. The summed E-state index contributed by atoms with van der Waals surface area (Å²) in [5.74, 6) is 0.600. The van der Waals surface area contributed by atoms with Gasteiger partial charge in [-0.15, -0.1) is 0 Å². The molecule has 1 aromatic rings. The first-order valence-electron chi connectivity index (χ1n) is 4.38. The van der Waals surface area contributed by atoms with Gasteiger partial charge in [-0.05, 0) is 13.8 Å². The quantitative estimate of drug-likeness (QED) is 0.630. The Hall–Kier alpha value is -1.20. The molecular weight excluding hydrogens is 182 g/mol. The zero-order chi connectivity index (χ0) is 10.6. The molecule has 1 aromatic heterocycles. The highest BCUT2D eigenvalue weighted by Gasteiger charge is 2.22. The Morgan fingerprint density at radius 1 is 1.36 bits per heavy atom. The molecule has 0 aliphatic rings. The minimum atomic E-state index is -0.749. The van der Waals surface area contributed by atoms with Crippen molar-refractivity contribution in [1.29, 1.82) is 0 Å². The van der Waals surface area contributed by atoms with Gasteiger partial charge in [0.15, 0.2) is 0 Å². The third kappa shape index (κ3) is 2.65. The summed E-state index contributed by atoms with van der Waals surface area (Å²) in [6.07, 6.45) is 1.44. The molecule has 0 radical (unpaired) electrons. The lowest BCUT2D eigenvalue weighted by molar-refractivity contribution is 0.147. The highest BCUT2D eigenvalue weighted by atomic mass is 16.3. The van der Waals surface area contributed by atoms with E-state index in [9.17, 15) is 0 Å². The molecule has 0 unspecified atom stereocenters. The van der Waals surface area contributed by atoms with E-state index in [1.54, 1.807) is 13.0 Å². The molecule has 1 heterocycles. The first kappa shape index (κ1) is 10.9. The molecule has 0 bridgehead atoms. The van der Waals surface area contributed by atoms with Crippen LogP contribution in [0.25, 0.3) is 0 Å². The lowest BCUT2D eigenvalue weighted by Gasteiger charge is -2.26. The zero-order valence-electron chi connectivity index (χ0n) is 8.36. The molecule has 5 heteroatoms. The predicted octanol–water partition coefficient (Wildman–Crippen LogP) is -0.0598. The number of aryl methyl sites for hydroxylation is 1. The fraction of sp³-hybridized carbons (Fsp3) is 0.556. The lowest BCUT2D eigenvalue weighted by atomic mass is 10.1. The second-order valence-corrected chi connectivity index (χ2v) is 3.55. The molecular formula is C9H15N3O2. The monoisotopic (exact) mass is 197 g/mol. The van der Waals surface area contributed by atoms with Gasteiger partial charge in [0, 0.05) is 11.8 Å². The molecule has 0 saturated heterocycles. The van der Waals surface area contributed by atoms with E-state index >= 15 is 0 Å². The third-order valence-corrected chi connectivity index (χ3v) is 1.93. The Morgan fingerprint density at radius 2 is 2.00 bits per heavy atom. The van der Waals surface area contributed by atoms with Gasteiger partial charge in [-0.25, -0.2) is 9.97 Å². The van der Waals surface area contributed by atoms with Gasteiger partial charge >= 0.3 is 0 Å². The molecule has 0 fully saturated rings. The standard InChI is InChI=1S/C9H15N3O2/c1-7-3-8(11-6-10-7)12-9(2,4-13)5-14/h3,6,13-14H,4-5H2,1-2H3,(H,10,11,12). The Labute approximate surface area is 82.8 Å². The second-order valence-electron chi connectivity index (χ2n) is 3.55. The summed E-state index contributed by atoms with van der Waals surface area (Å²) in [6, 6.07) is 1.75. The first-order chi connectivity index (χ1) is 6.59. The number of rotatable bonds is 4. The molecule has 0 aliphatic carbocycles. The molecule has 3 N–H and O–H groups in total. The Balaban J connectivity index is 2.77. The average Bonchev–Trinajstić information content (AvgIpc) is 2.18. The molecule has 0 aromatic carbocycles. The van der Waals surface area contributed by atoms with Gasteiger partial charge in [0.25, 0.3) is 0 Å². The summed E-state index contributed by atoms with van der Waals surface area (Å²) in [4.78, 5) is 7.92. The maximum absolute atomic E-state index is 9.05. The van der Waals surface area contributed by atoms with Crippen molar-refractivity contribution >= 4 is 5.82 Å². The van der Waals surface area contributed by atoms with Crippen LogP contribution in [0.1, 0.15) is 12.6 Å². The highest BCUT2D eigenvalue weighted by molar-refractivity contribution is 5.37. The van der Waals surface area contributed by atoms with Crippen LogP contribution in [0.4, 0.5) is 5.82 Å². The average molecular weight is 197 g/mol. The van der Waals surface area contributed by atoms with Crippen LogP contribution in [0.2, 0.25) is 0 Å². The maximum atomic E-state index is 9.05. The Bertz CT molecular complexity index is 300. The Morgan fingerprint density at radius 3 is 2.50 bits per heavy atom. The number of anilines is 1. The van der Waals surface area contributed by atoms with Gasteiger partial charge in [-0.1, -0.05) is 0 Å². The van der Waals surface area contributed by atoms with Gasteiger partial charge in [0.2, 0.25) is 0 Å². The molecule has 1 rings (SSSR count). The SMILES string of the molecule is Cc1cc(NC(C)(CO)CO)ncn1. The zero-order valence-corrected chi connectivity index (χ0v) is 8.36. The van der Waals surface area contributed by atoms with Crippen molar-refractivity contribution in [1.82, 2.24) is 9.97 Å². The lowest BCUT2D eigenvalue weighted by Crippen LogP contribution is -2.42. The molecule has 0 spiro atoms. The van der Waals surface area contributed by atoms with Crippen molar-refractivity contribution in [2.75, 3.05) is 18.5 Å². The summed E-state index contributed by atoms with van der Waals surface area (Å²) in [5.41, 5.74) is 0.0848. The van der Waals surface area contributed by atoms with Gasteiger partial charge in [-0.3, -0.25) is 0 Å². The summed E-state index contributed by atoms with van der Waals surface area (Å²) in [7, 11) is 0. The minimum Gasteiger partial charge on any atom is -0.394 e. The van der Waals surface area contributed by atoms with Crippen LogP contribution in [0.15, 0.2) is 12.4 Å². The third-order valence-electron chi connectivity index (χ3n) is 1.93. The number of hydrogen-bond acceptors (Lipinski definition) is 5. The summed E-state index contributed by atoms with van der Waals surface area (Å²) >= 11 is 0. The van der Waals surface area contributed by atoms with Crippen molar-refractivity contribution in [3.8, 4) is 0 Å². The number of aromatic nitrogens is 2. The van der Waals surface area contributed by atoms with E-state index in [0.717, 1.165) is 5.69 Å². The minimum absolute atomic E-state index is 0.160. The van der Waals surface area contributed by atoms with Crippen molar-refractivity contribution in [2.24, 2.45) is 0 Å². The van der Waals surface area contributed by atoms with E-state index in [4.69, 9.17) is 10.2 Å². The van der Waals surface area contributed by atoms with E-state index in [0.29, 0.717) is 5.82 Å². The van der Waals surface area contributed by atoms with Gasteiger partial charge < -0.3 is 15.5 Å². The summed E-state index contributed by atoms with van der Waals surface area (Å²) in [6.45, 7) is 3.24. The maximum Gasteiger partial charge on any atom is 0.130 e. The topological polar surface area (TPSA) is 78.3 Å². The number of aliphatic hydroxyl groups excluding tert-OH is 2. The molecule has 5 nitrogen and oxygen atoms in total. The Kier molecular flexibility index (Phi) is 3.38. The second kappa shape index (κ2) is 4.34. The van der Waals surface area contributed by atoms with Gasteiger partial charge in [0.05, 0.1) is 18.8 Å². The molecule has 0 saturated carbocycles. The number of aliphatic hydroxyl groups is 2. The molecule has 0 atom stereocenters. The van der Waals surface area contributed by atoms with E-state index in [-0.39, 0.29) is 13.2 Å². The van der Waals surface area contributed by atoms with Gasteiger partial charge in [0.1, 0.15) is 12.1 Å². The summed E-state index contributed by atoms with van der Waals surface area (Å²) < 4.78 is 0. The fourth-order valence-electron chi connectivity index (χ4n) is 0.961. The van der Waals surface area contributed by atoms with Crippen molar-refractivity contribution in [3.63, 3.8) is 0 Å². The molecule has 14 heavy (non-hydrogen) atoms. The smallest absolute Gasteiger partial charge is 0.130 e. The van der Waals surface area contributed by atoms with E-state index in [1.807, 2.05) is 6.92 Å². The largest absolute Gasteiger partial charge is 0.394 e. The fourth-order valence-corrected chi connectivity index (χ4v) is 0.961. The highest BCUT2D eigenvalue weighted by Crippen LogP contribution is 2.11. The van der Waals surface area contributed by atoms with Crippen molar-refractivity contribution < 1.29 is 10.2 Å². The summed E-state index contributed by atoms with van der Waals surface area (Å²) in [5, 5.41) is 21.0. The number of nitrogens with zero attached hydrogens (tertiary/aromatic N) is 2. The molecule has 0 amide bonds. The molecule has 78 valence electrons. The van der Waals surface area contributed by atoms with Crippen LogP contribution in [-0.2, 0) is 0 Å².